The molecule has 2 unspecified atom stereocenters. The van der Waals surface area contributed by atoms with Crippen molar-refractivity contribution in [3.8, 4) is 0 Å². The van der Waals surface area contributed by atoms with Crippen molar-refractivity contribution in [3.05, 3.63) is 0 Å². The Balaban J connectivity index is 1.42. The van der Waals surface area contributed by atoms with Gasteiger partial charge in [0.25, 0.3) is 0 Å². The van der Waals surface area contributed by atoms with Crippen LogP contribution in [0.1, 0.15) is 112 Å². The van der Waals surface area contributed by atoms with Crippen LogP contribution in [0.5, 0.6) is 0 Å². The van der Waals surface area contributed by atoms with Crippen LogP contribution in [0.3, 0.4) is 0 Å². The number of nitrogens with one attached hydrogen (secondary N) is 2. The highest BCUT2D eigenvalue weighted by molar-refractivity contribution is 5.73. The molecule has 0 spiro atoms. The maximum atomic E-state index is 11.9. The SMILES string of the molecule is CNC(=O)NC1CC[C@@]2(C)C(CC[C@H]3[C@@H]4CC[C@H]([C@H](C)CCCC(C)C)[C@@]4(C)CC[C@@H]32)C1. The molecule has 0 aromatic carbocycles. The lowest BCUT2D eigenvalue weighted by molar-refractivity contribution is -0.117. The minimum absolute atomic E-state index is 0.000216. The molecule has 3 heteroatoms. The normalized spacial score (nSPS) is 44.3. The van der Waals surface area contributed by atoms with Gasteiger partial charge in [-0.2, -0.15) is 0 Å². The molecule has 0 saturated heterocycles. The Morgan fingerprint density at radius 2 is 1.62 bits per heavy atom. The minimum atomic E-state index is 0.000216. The van der Waals surface area contributed by atoms with E-state index in [9.17, 15) is 4.79 Å². The first-order chi connectivity index (χ1) is 15.2. The first-order valence-corrected chi connectivity index (χ1v) is 14.2. The summed E-state index contributed by atoms with van der Waals surface area (Å²) in [6.07, 6.45) is 16.7. The molecule has 0 aromatic rings. The van der Waals surface area contributed by atoms with Crippen LogP contribution in [0.4, 0.5) is 4.79 Å². The molecule has 32 heavy (non-hydrogen) atoms. The monoisotopic (exact) mass is 444 g/mol. The van der Waals surface area contributed by atoms with Gasteiger partial charge in [0.2, 0.25) is 0 Å². The molecule has 3 nitrogen and oxygen atoms in total. The fraction of sp³-hybridized carbons (Fsp3) is 0.966. The predicted octanol–water partition coefficient (Wildman–Crippen LogP) is 7.41. The Hall–Kier alpha value is -0.730. The molecule has 4 fully saturated rings. The number of carbonyl (C=O) groups is 1. The number of fused-ring (bicyclic) bond motifs is 5. The predicted molar refractivity (Wildman–Crippen MR) is 134 cm³/mol. The summed E-state index contributed by atoms with van der Waals surface area (Å²) >= 11 is 0. The quantitative estimate of drug-likeness (QED) is 0.440. The Labute approximate surface area is 198 Å². The maximum Gasteiger partial charge on any atom is 0.314 e. The molecule has 4 aliphatic rings. The average Bonchev–Trinajstić information content (AvgIpc) is 3.11. The number of urea groups is 1. The van der Waals surface area contributed by atoms with E-state index in [1.165, 1.54) is 77.0 Å². The summed E-state index contributed by atoms with van der Waals surface area (Å²) in [5, 5.41) is 5.98. The second kappa shape index (κ2) is 9.49. The van der Waals surface area contributed by atoms with Gasteiger partial charge in [-0.15, -0.1) is 0 Å². The number of hydrogen-bond donors (Lipinski definition) is 2. The van der Waals surface area contributed by atoms with E-state index in [1.807, 2.05) is 0 Å². The van der Waals surface area contributed by atoms with Gasteiger partial charge >= 0.3 is 6.03 Å². The molecule has 4 rings (SSSR count). The summed E-state index contributed by atoms with van der Waals surface area (Å²) < 4.78 is 0. The third-order valence-corrected chi connectivity index (χ3v) is 11.4. The summed E-state index contributed by atoms with van der Waals surface area (Å²) in [6, 6.07) is 0.376. The average molecular weight is 445 g/mol. The zero-order valence-electron chi connectivity index (χ0n) is 22.0. The number of hydrogen-bond acceptors (Lipinski definition) is 1. The minimum Gasteiger partial charge on any atom is -0.341 e. The molecule has 0 aromatic heterocycles. The largest absolute Gasteiger partial charge is 0.341 e. The number of carbonyl (C=O) groups excluding carboxylic acids is 1. The maximum absolute atomic E-state index is 11.9. The van der Waals surface area contributed by atoms with Crippen molar-refractivity contribution in [1.29, 1.82) is 0 Å². The molecule has 2 amide bonds. The van der Waals surface area contributed by atoms with Gasteiger partial charge in [0, 0.05) is 13.1 Å². The summed E-state index contributed by atoms with van der Waals surface area (Å²) in [7, 11) is 1.73. The molecule has 0 heterocycles. The Bertz CT molecular complexity index is 662. The van der Waals surface area contributed by atoms with Crippen LogP contribution < -0.4 is 10.6 Å². The van der Waals surface area contributed by atoms with E-state index in [2.05, 4.69) is 45.3 Å². The lowest BCUT2D eigenvalue weighted by Gasteiger charge is -2.61. The second-order valence-electron chi connectivity index (χ2n) is 13.4. The summed E-state index contributed by atoms with van der Waals surface area (Å²) in [6.45, 7) is 12.7. The van der Waals surface area contributed by atoms with Crippen molar-refractivity contribution >= 4 is 6.03 Å². The Morgan fingerprint density at radius 3 is 2.34 bits per heavy atom. The van der Waals surface area contributed by atoms with E-state index >= 15 is 0 Å². The van der Waals surface area contributed by atoms with Gasteiger partial charge in [0.1, 0.15) is 0 Å². The van der Waals surface area contributed by atoms with Gasteiger partial charge in [0.05, 0.1) is 0 Å². The van der Waals surface area contributed by atoms with E-state index in [1.54, 1.807) is 7.05 Å². The molecule has 0 aliphatic heterocycles. The lowest BCUT2D eigenvalue weighted by atomic mass is 9.44. The first kappa shape index (κ1) is 24.4. The molecule has 0 radical (unpaired) electrons. The van der Waals surface area contributed by atoms with Crippen LogP contribution in [0.2, 0.25) is 0 Å². The second-order valence-corrected chi connectivity index (χ2v) is 13.4. The highest BCUT2D eigenvalue weighted by atomic mass is 16.2. The fourth-order valence-corrected chi connectivity index (χ4v) is 9.67. The third kappa shape index (κ3) is 4.36. The fourth-order valence-electron chi connectivity index (χ4n) is 9.67. The summed E-state index contributed by atoms with van der Waals surface area (Å²) in [5.74, 6) is 6.37. The smallest absolute Gasteiger partial charge is 0.314 e. The van der Waals surface area contributed by atoms with Crippen LogP contribution in [0, 0.1) is 52.3 Å². The molecule has 184 valence electrons. The topological polar surface area (TPSA) is 41.1 Å². The standard InChI is InChI=1S/C29H52N2O/c1-19(2)8-7-9-20(3)24-12-13-25-23-11-10-21-18-22(31-27(32)30-6)14-16-28(21,4)26(23)15-17-29(24,25)5/h19-26H,7-18H2,1-6H3,(H2,30,31,32)/t20-,21?,22?,23+,24-,25+,26+,28+,29-/m1/s1. The van der Waals surface area contributed by atoms with Crippen LogP contribution in [0.15, 0.2) is 0 Å². The van der Waals surface area contributed by atoms with Crippen LogP contribution in [0.25, 0.3) is 0 Å². The zero-order chi connectivity index (χ0) is 23.1. The first-order valence-electron chi connectivity index (χ1n) is 14.2. The number of rotatable bonds is 6. The molecule has 4 aliphatic carbocycles. The Kier molecular flexibility index (Phi) is 7.24. The molecular formula is C29H52N2O. The Morgan fingerprint density at radius 1 is 0.906 bits per heavy atom. The van der Waals surface area contributed by atoms with E-state index in [0.29, 0.717) is 16.9 Å². The van der Waals surface area contributed by atoms with E-state index in [-0.39, 0.29) is 6.03 Å². The van der Waals surface area contributed by atoms with E-state index < -0.39 is 0 Å². The van der Waals surface area contributed by atoms with Gasteiger partial charge in [-0.1, -0.05) is 53.9 Å². The highest BCUT2D eigenvalue weighted by Crippen LogP contribution is 2.68. The zero-order valence-corrected chi connectivity index (χ0v) is 22.0. The van der Waals surface area contributed by atoms with Gasteiger partial charge in [-0.25, -0.2) is 4.79 Å². The van der Waals surface area contributed by atoms with Crippen molar-refractivity contribution in [3.63, 3.8) is 0 Å². The van der Waals surface area contributed by atoms with Crippen molar-refractivity contribution in [2.45, 2.75) is 118 Å². The van der Waals surface area contributed by atoms with Crippen molar-refractivity contribution in [1.82, 2.24) is 10.6 Å². The van der Waals surface area contributed by atoms with Gasteiger partial charge in [-0.3, -0.25) is 0 Å². The molecule has 0 bridgehead atoms. The van der Waals surface area contributed by atoms with Gasteiger partial charge < -0.3 is 10.6 Å². The number of amides is 2. The summed E-state index contributed by atoms with van der Waals surface area (Å²) in [4.78, 5) is 11.9. The van der Waals surface area contributed by atoms with Gasteiger partial charge in [0.15, 0.2) is 0 Å². The van der Waals surface area contributed by atoms with E-state index in [4.69, 9.17) is 0 Å². The van der Waals surface area contributed by atoms with Crippen LogP contribution in [-0.2, 0) is 0 Å². The molecule has 9 atom stereocenters. The van der Waals surface area contributed by atoms with Crippen molar-refractivity contribution < 1.29 is 4.79 Å². The van der Waals surface area contributed by atoms with Crippen molar-refractivity contribution in [2.75, 3.05) is 7.05 Å². The molecular weight excluding hydrogens is 392 g/mol. The lowest BCUT2D eigenvalue weighted by Crippen LogP contribution is -2.56. The van der Waals surface area contributed by atoms with Gasteiger partial charge in [-0.05, 0) is 110 Å². The third-order valence-electron chi connectivity index (χ3n) is 11.4. The van der Waals surface area contributed by atoms with E-state index in [0.717, 1.165) is 41.4 Å². The molecule has 4 saturated carbocycles. The van der Waals surface area contributed by atoms with Crippen LogP contribution in [-0.4, -0.2) is 19.1 Å². The molecule has 2 N–H and O–H groups in total. The highest BCUT2D eigenvalue weighted by Gasteiger charge is 2.60. The summed E-state index contributed by atoms with van der Waals surface area (Å²) in [5.41, 5.74) is 1.10. The van der Waals surface area contributed by atoms with Crippen molar-refractivity contribution in [2.24, 2.45) is 52.3 Å². The van der Waals surface area contributed by atoms with Crippen LogP contribution >= 0.6 is 0 Å².